The van der Waals surface area contributed by atoms with Crippen LogP contribution < -0.4 is 11.1 Å². The van der Waals surface area contributed by atoms with Gasteiger partial charge in [0.25, 0.3) is 0 Å². The van der Waals surface area contributed by atoms with E-state index in [1.807, 2.05) is 30.3 Å². The third-order valence-corrected chi connectivity index (χ3v) is 3.30. The van der Waals surface area contributed by atoms with Crippen molar-refractivity contribution >= 4 is 39.6 Å². The second-order valence-corrected chi connectivity index (χ2v) is 4.76. The minimum absolute atomic E-state index is 0.0278. The lowest BCUT2D eigenvalue weighted by Gasteiger charge is -2.12. The van der Waals surface area contributed by atoms with Crippen molar-refractivity contribution in [1.82, 2.24) is 4.98 Å². The number of halogens is 2. The second-order valence-electron chi connectivity index (χ2n) is 4.35. The van der Waals surface area contributed by atoms with Gasteiger partial charge in [-0.15, -0.1) is 0 Å². The van der Waals surface area contributed by atoms with Gasteiger partial charge in [-0.3, -0.25) is 4.98 Å². The Morgan fingerprint density at radius 1 is 1.10 bits per heavy atom. The molecule has 0 bridgehead atoms. The van der Waals surface area contributed by atoms with Crippen LogP contribution in [0.4, 0.5) is 21.5 Å². The van der Waals surface area contributed by atoms with Crippen LogP contribution in [0.3, 0.4) is 0 Å². The van der Waals surface area contributed by atoms with Crippen LogP contribution in [0.15, 0.2) is 48.7 Å². The molecule has 2 aromatic carbocycles. The SMILES string of the molecule is Nc1cc(F)c(Cl)cc1Nc1cccc2ncccc12. The number of hydrogen-bond acceptors (Lipinski definition) is 3. The van der Waals surface area contributed by atoms with Gasteiger partial charge in [0.2, 0.25) is 0 Å². The van der Waals surface area contributed by atoms with Crippen LogP contribution in [0.5, 0.6) is 0 Å². The molecule has 3 N–H and O–H groups in total. The topological polar surface area (TPSA) is 50.9 Å². The number of nitrogens with two attached hydrogens (primary N) is 1. The molecule has 3 rings (SSSR count). The first-order chi connectivity index (χ1) is 9.65. The summed E-state index contributed by atoms with van der Waals surface area (Å²) in [5.41, 5.74) is 8.37. The standard InChI is InChI=1S/C15H11ClFN3/c16-10-7-15(12(18)8-11(10)17)20-14-5-1-4-13-9(14)3-2-6-19-13/h1-8,20H,18H2. The van der Waals surface area contributed by atoms with Crippen LogP contribution in [-0.4, -0.2) is 4.98 Å². The minimum atomic E-state index is -0.533. The zero-order valence-corrected chi connectivity index (χ0v) is 11.2. The lowest BCUT2D eigenvalue weighted by Crippen LogP contribution is -1.98. The van der Waals surface area contributed by atoms with Gasteiger partial charge in [-0.2, -0.15) is 0 Å². The van der Waals surface area contributed by atoms with E-state index in [0.29, 0.717) is 11.4 Å². The molecule has 3 aromatic rings. The van der Waals surface area contributed by atoms with Crippen molar-refractivity contribution in [3.63, 3.8) is 0 Å². The quantitative estimate of drug-likeness (QED) is 0.689. The molecule has 0 aliphatic heterocycles. The molecule has 3 nitrogen and oxygen atoms in total. The van der Waals surface area contributed by atoms with Crippen molar-refractivity contribution in [1.29, 1.82) is 0 Å². The maximum atomic E-state index is 13.3. The third kappa shape index (κ3) is 2.26. The molecule has 20 heavy (non-hydrogen) atoms. The molecule has 100 valence electrons. The molecule has 0 amide bonds. The first kappa shape index (κ1) is 12.7. The van der Waals surface area contributed by atoms with Crippen LogP contribution in [-0.2, 0) is 0 Å². The molecule has 0 radical (unpaired) electrons. The van der Waals surface area contributed by atoms with E-state index < -0.39 is 5.82 Å². The van der Waals surface area contributed by atoms with Crippen LogP contribution in [0.2, 0.25) is 5.02 Å². The van der Waals surface area contributed by atoms with Gasteiger partial charge < -0.3 is 11.1 Å². The molecular formula is C15H11ClFN3. The number of nitrogen functional groups attached to an aromatic ring is 1. The normalized spacial score (nSPS) is 10.7. The van der Waals surface area contributed by atoms with Crippen molar-refractivity contribution in [2.45, 2.75) is 0 Å². The molecule has 0 spiro atoms. The van der Waals surface area contributed by atoms with Crippen molar-refractivity contribution in [3.8, 4) is 0 Å². The Kier molecular flexibility index (Phi) is 3.16. The summed E-state index contributed by atoms with van der Waals surface area (Å²) in [6.45, 7) is 0. The molecule has 0 saturated carbocycles. The zero-order chi connectivity index (χ0) is 14.1. The number of aromatic nitrogens is 1. The van der Waals surface area contributed by atoms with Gasteiger partial charge in [0.1, 0.15) is 5.82 Å². The maximum absolute atomic E-state index is 13.3. The Morgan fingerprint density at radius 2 is 1.95 bits per heavy atom. The van der Waals surface area contributed by atoms with E-state index in [-0.39, 0.29) is 5.02 Å². The first-order valence-corrected chi connectivity index (χ1v) is 6.38. The predicted molar refractivity (Wildman–Crippen MR) is 80.8 cm³/mol. The number of rotatable bonds is 2. The fourth-order valence-electron chi connectivity index (χ4n) is 2.03. The van der Waals surface area contributed by atoms with Gasteiger partial charge in [0, 0.05) is 23.3 Å². The van der Waals surface area contributed by atoms with Gasteiger partial charge in [0.15, 0.2) is 0 Å². The third-order valence-electron chi connectivity index (χ3n) is 3.01. The summed E-state index contributed by atoms with van der Waals surface area (Å²) >= 11 is 5.79. The number of nitrogens with zero attached hydrogens (tertiary/aromatic N) is 1. The van der Waals surface area contributed by atoms with Crippen molar-refractivity contribution in [3.05, 3.63) is 59.5 Å². The predicted octanol–water partition coefficient (Wildman–Crippen LogP) is 4.35. The Hall–Kier alpha value is -2.33. The van der Waals surface area contributed by atoms with Crippen LogP contribution in [0.25, 0.3) is 10.9 Å². The largest absolute Gasteiger partial charge is 0.397 e. The number of hydrogen-bond donors (Lipinski definition) is 2. The molecule has 0 saturated heterocycles. The smallest absolute Gasteiger partial charge is 0.143 e. The number of fused-ring (bicyclic) bond motifs is 1. The van der Waals surface area contributed by atoms with Gasteiger partial charge in [0.05, 0.1) is 21.9 Å². The highest BCUT2D eigenvalue weighted by molar-refractivity contribution is 6.31. The summed E-state index contributed by atoms with van der Waals surface area (Å²) in [7, 11) is 0. The molecule has 0 aliphatic carbocycles. The summed E-state index contributed by atoms with van der Waals surface area (Å²) in [6.07, 6.45) is 1.73. The summed E-state index contributed by atoms with van der Waals surface area (Å²) in [6, 6.07) is 12.2. The van der Waals surface area contributed by atoms with Crippen LogP contribution in [0.1, 0.15) is 0 Å². The Morgan fingerprint density at radius 3 is 2.80 bits per heavy atom. The summed E-state index contributed by atoms with van der Waals surface area (Å²) < 4.78 is 13.3. The molecule has 5 heteroatoms. The molecule has 1 aromatic heterocycles. The molecule has 1 heterocycles. The van der Waals surface area contributed by atoms with Crippen molar-refractivity contribution in [2.75, 3.05) is 11.1 Å². The summed E-state index contributed by atoms with van der Waals surface area (Å²) in [5, 5.41) is 4.15. The van der Waals surface area contributed by atoms with E-state index in [9.17, 15) is 4.39 Å². The van der Waals surface area contributed by atoms with Gasteiger partial charge in [-0.25, -0.2) is 4.39 Å². The lowest BCUT2D eigenvalue weighted by atomic mass is 10.1. The molecular weight excluding hydrogens is 277 g/mol. The van der Waals surface area contributed by atoms with E-state index in [4.69, 9.17) is 17.3 Å². The molecule has 0 atom stereocenters. The highest BCUT2D eigenvalue weighted by Gasteiger charge is 2.08. The number of nitrogens with one attached hydrogen (secondary N) is 1. The Bertz CT molecular complexity index is 784. The van der Waals surface area contributed by atoms with E-state index in [0.717, 1.165) is 16.6 Å². The molecule has 0 aliphatic rings. The summed E-state index contributed by atoms with van der Waals surface area (Å²) in [4.78, 5) is 4.28. The maximum Gasteiger partial charge on any atom is 0.143 e. The second kappa shape index (κ2) is 4.98. The van der Waals surface area contributed by atoms with Crippen molar-refractivity contribution < 1.29 is 4.39 Å². The van der Waals surface area contributed by atoms with Crippen molar-refractivity contribution in [2.24, 2.45) is 0 Å². The minimum Gasteiger partial charge on any atom is -0.397 e. The Labute approximate surface area is 120 Å². The number of pyridine rings is 1. The zero-order valence-electron chi connectivity index (χ0n) is 10.4. The van der Waals surface area contributed by atoms with Gasteiger partial charge >= 0.3 is 0 Å². The average molecular weight is 288 g/mol. The summed E-state index contributed by atoms with van der Waals surface area (Å²) in [5.74, 6) is -0.533. The fourth-order valence-corrected chi connectivity index (χ4v) is 2.19. The highest BCUT2D eigenvalue weighted by Crippen LogP contribution is 2.31. The van der Waals surface area contributed by atoms with Gasteiger partial charge in [-0.05, 0) is 30.3 Å². The van der Waals surface area contributed by atoms with E-state index in [1.54, 1.807) is 6.20 Å². The van der Waals surface area contributed by atoms with E-state index in [2.05, 4.69) is 10.3 Å². The monoisotopic (exact) mass is 287 g/mol. The van der Waals surface area contributed by atoms with E-state index in [1.165, 1.54) is 12.1 Å². The number of anilines is 3. The van der Waals surface area contributed by atoms with Crippen LogP contribution >= 0.6 is 11.6 Å². The molecule has 0 unspecified atom stereocenters. The Balaban J connectivity index is 2.08. The van der Waals surface area contributed by atoms with Crippen LogP contribution in [0, 0.1) is 5.82 Å². The lowest BCUT2D eigenvalue weighted by molar-refractivity contribution is 0.629. The first-order valence-electron chi connectivity index (χ1n) is 6.00. The average Bonchev–Trinajstić information content (AvgIpc) is 2.45. The number of benzene rings is 2. The highest BCUT2D eigenvalue weighted by atomic mass is 35.5. The fraction of sp³-hybridized carbons (Fsp3) is 0. The van der Waals surface area contributed by atoms with Gasteiger partial charge in [-0.1, -0.05) is 17.7 Å². The molecule has 0 fully saturated rings. The van der Waals surface area contributed by atoms with E-state index >= 15 is 0 Å².